The Balaban J connectivity index is 1.73. The van der Waals surface area contributed by atoms with Crippen LogP contribution in [0.25, 0.3) is 0 Å². The summed E-state index contributed by atoms with van der Waals surface area (Å²) >= 11 is 12.9. The number of benzene rings is 2. The topological polar surface area (TPSA) is 93.5 Å². The molecular formula is C23H27Cl2N3O4S. The van der Waals surface area contributed by atoms with Gasteiger partial charge in [-0.25, -0.2) is 18.1 Å². The highest BCUT2D eigenvalue weighted by Gasteiger charge is 2.25. The van der Waals surface area contributed by atoms with Crippen molar-refractivity contribution in [2.45, 2.75) is 39.2 Å². The van der Waals surface area contributed by atoms with Crippen LogP contribution in [-0.2, 0) is 22.0 Å². The van der Waals surface area contributed by atoms with Gasteiger partial charge in [0.25, 0.3) is 6.01 Å². The van der Waals surface area contributed by atoms with Crippen LogP contribution in [0.3, 0.4) is 0 Å². The van der Waals surface area contributed by atoms with Crippen LogP contribution in [0.2, 0.25) is 10.0 Å². The Labute approximate surface area is 204 Å². The lowest BCUT2D eigenvalue weighted by Gasteiger charge is -2.27. The van der Waals surface area contributed by atoms with Gasteiger partial charge >= 0.3 is 0 Å². The maximum atomic E-state index is 11.2. The van der Waals surface area contributed by atoms with Gasteiger partial charge < -0.3 is 14.5 Å². The molecule has 0 unspecified atom stereocenters. The molecule has 0 aliphatic heterocycles. The zero-order valence-electron chi connectivity index (χ0n) is 18.9. The smallest absolute Gasteiger partial charge is 0.299 e. The number of sulfonamides is 1. The molecule has 0 aliphatic rings. The highest BCUT2D eigenvalue weighted by molar-refractivity contribution is 7.88. The molecule has 0 saturated carbocycles. The summed E-state index contributed by atoms with van der Waals surface area (Å²) in [6, 6.07) is 11.9. The van der Waals surface area contributed by atoms with Crippen molar-refractivity contribution in [2.75, 3.05) is 18.2 Å². The van der Waals surface area contributed by atoms with Gasteiger partial charge in [-0.15, -0.1) is 0 Å². The SMILES string of the molecule is CCCOc1c(Cl)cc(C(C)(C)c2ccc(Nc3ncc(CNS(C)(=O)=O)o3)cc2)cc1Cl. The molecule has 178 valence electrons. The van der Waals surface area contributed by atoms with Crippen molar-refractivity contribution in [1.82, 2.24) is 9.71 Å². The molecule has 0 radical (unpaired) electrons. The lowest BCUT2D eigenvalue weighted by Crippen LogP contribution is -2.20. The van der Waals surface area contributed by atoms with Crippen LogP contribution in [0.15, 0.2) is 47.0 Å². The number of nitrogens with zero attached hydrogens (tertiary/aromatic N) is 1. The van der Waals surface area contributed by atoms with E-state index in [-0.39, 0.29) is 18.0 Å². The summed E-state index contributed by atoms with van der Waals surface area (Å²) in [5, 5.41) is 4.05. The number of oxazole rings is 1. The fourth-order valence-corrected chi connectivity index (χ4v) is 4.17. The fourth-order valence-electron chi connectivity index (χ4n) is 3.17. The van der Waals surface area contributed by atoms with Crippen LogP contribution in [0, 0.1) is 0 Å². The van der Waals surface area contributed by atoms with Crippen LogP contribution in [0.1, 0.15) is 44.1 Å². The molecule has 0 fully saturated rings. The van der Waals surface area contributed by atoms with Crippen molar-refractivity contribution in [3.05, 3.63) is 69.5 Å². The number of ether oxygens (including phenoxy) is 1. The fraction of sp³-hybridized carbons (Fsp3) is 0.348. The molecule has 0 amide bonds. The molecule has 1 aromatic heterocycles. The highest BCUT2D eigenvalue weighted by Crippen LogP contribution is 2.40. The van der Waals surface area contributed by atoms with Gasteiger partial charge in [0.1, 0.15) is 5.76 Å². The summed E-state index contributed by atoms with van der Waals surface area (Å²) in [5.74, 6) is 0.914. The Hall–Kier alpha value is -2.26. The van der Waals surface area contributed by atoms with Gasteiger partial charge in [-0.05, 0) is 41.8 Å². The predicted octanol–water partition coefficient (Wildman–Crippen LogP) is 5.89. The average molecular weight is 512 g/mol. The number of nitrogens with one attached hydrogen (secondary N) is 2. The molecule has 0 bridgehead atoms. The number of halogens is 2. The van der Waals surface area contributed by atoms with Gasteiger partial charge in [0, 0.05) is 11.1 Å². The minimum absolute atomic E-state index is 0.0357. The first-order valence-corrected chi connectivity index (χ1v) is 13.0. The number of aromatic nitrogens is 1. The average Bonchev–Trinajstić information content (AvgIpc) is 3.19. The molecule has 10 heteroatoms. The largest absolute Gasteiger partial charge is 0.490 e. The molecule has 33 heavy (non-hydrogen) atoms. The van der Waals surface area contributed by atoms with Crippen LogP contribution < -0.4 is 14.8 Å². The van der Waals surface area contributed by atoms with Crippen LogP contribution in [0.5, 0.6) is 5.75 Å². The van der Waals surface area contributed by atoms with Crippen molar-refractivity contribution < 1.29 is 17.6 Å². The number of hydrogen-bond donors (Lipinski definition) is 2. The Kier molecular flexibility index (Phi) is 7.95. The van der Waals surface area contributed by atoms with Gasteiger partial charge in [-0.3, -0.25) is 0 Å². The van der Waals surface area contributed by atoms with E-state index >= 15 is 0 Å². The van der Waals surface area contributed by atoms with Gasteiger partial charge in [-0.1, -0.05) is 56.1 Å². The minimum atomic E-state index is -3.31. The summed E-state index contributed by atoms with van der Waals surface area (Å²) in [4.78, 5) is 4.13. The number of hydrogen-bond acceptors (Lipinski definition) is 6. The quantitative estimate of drug-likeness (QED) is 0.352. The second kappa shape index (κ2) is 10.3. The summed E-state index contributed by atoms with van der Waals surface area (Å²) in [6.45, 7) is 6.80. The van der Waals surface area contributed by atoms with Crippen LogP contribution in [0.4, 0.5) is 11.7 Å². The third kappa shape index (κ3) is 6.63. The van der Waals surface area contributed by atoms with Crippen molar-refractivity contribution in [1.29, 1.82) is 0 Å². The molecule has 1 heterocycles. The Morgan fingerprint density at radius 2 is 1.73 bits per heavy atom. The van der Waals surface area contributed by atoms with Crippen LogP contribution >= 0.6 is 23.2 Å². The normalized spacial score (nSPS) is 12.1. The van der Waals surface area contributed by atoms with E-state index in [4.69, 9.17) is 32.4 Å². The molecule has 2 aromatic carbocycles. The van der Waals surface area contributed by atoms with Crippen molar-refractivity contribution in [3.8, 4) is 5.75 Å². The molecule has 3 aromatic rings. The number of rotatable bonds is 10. The van der Waals surface area contributed by atoms with Gasteiger partial charge in [0.05, 0.1) is 35.6 Å². The van der Waals surface area contributed by atoms with E-state index in [1.54, 1.807) is 0 Å². The van der Waals surface area contributed by atoms with E-state index in [9.17, 15) is 8.42 Å². The monoisotopic (exact) mass is 511 g/mol. The zero-order chi connectivity index (χ0) is 24.2. The lowest BCUT2D eigenvalue weighted by atomic mass is 9.78. The summed E-state index contributed by atoms with van der Waals surface area (Å²) in [5.41, 5.74) is 2.45. The molecule has 0 aliphatic carbocycles. The Morgan fingerprint density at radius 1 is 1.09 bits per heavy atom. The van der Waals surface area contributed by atoms with E-state index in [0.717, 1.165) is 29.5 Å². The van der Waals surface area contributed by atoms with E-state index in [2.05, 4.69) is 28.9 Å². The van der Waals surface area contributed by atoms with Crippen molar-refractivity contribution in [3.63, 3.8) is 0 Å². The van der Waals surface area contributed by atoms with E-state index < -0.39 is 10.0 Å². The van der Waals surface area contributed by atoms with Crippen LogP contribution in [-0.4, -0.2) is 26.3 Å². The number of anilines is 2. The first-order valence-electron chi connectivity index (χ1n) is 10.4. The van der Waals surface area contributed by atoms with E-state index in [1.165, 1.54) is 6.20 Å². The molecule has 2 N–H and O–H groups in total. The second-order valence-corrected chi connectivity index (χ2v) is 10.8. The highest BCUT2D eigenvalue weighted by atomic mass is 35.5. The molecule has 0 atom stereocenters. The van der Waals surface area contributed by atoms with E-state index in [0.29, 0.717) is 28.2 Å². The summed E-state index contributed by atoms with van der Waals surface area (Å²) in [7, 11) is -3.31. The third-order valence-electron chi connectivity index (χ3n) is 5.09. The Bertz CT molecular complexity index is 1190. The minimum Gasteiger partial charge on any atom is -0.490 e. The molecule has 3 rings (SSSR count). The van der Waals surface area contributed by atoms with Gasteiger partial charge in [-0.2, -0.15) is 0 Å². The van der Waals surface area contributed by atoms with Crippen molar-refractivity contribution in [2.24, 2.45) is 0 Å². The van der Waals surface area contributed by atoms with Gasteiger partial charge in [0.2, 0.25) is 10.0 Å². The zero-order valence-corrected chi connectivity index (χ0v) is 21.2. The van der Waals surface area contributed by atoms with E-state index in [1.807, 2.05) is 43.3 Å². The maximum Gasteiger partial charge on any atom is 0.299 e. The lowest BCUT2D eigenvalue weighted by molar-refractivity contribution is 0.317. The van der Waals surface area contributed by atoms with Gasteiger partial charge in [0.15, 0.2) is 5.75 Å². The second-order valence-electron chi connectivity index (χ2n) is 8.17. The first kappa shape index (κ1) is 25.4. The molecule has 7 nitrogen and oxygen atoms in total. The first-order chi connectivity index (χ1) is 15.5. The van der Waals surface area contributed by atoms with Crippen molar-refractivity contribution >= 4 is 44.9 Å². The molecular weight excluding hydrogens is 485 g/mol. The molecule has 0 saturated heterocycles. The Morgan fingerprint density at radius 3 is 2.30 bits per heavy atom. The predicted molar refractivity (Wildman–Crippen MR) is 132 cm³/mol. The summed E-state index contributed by atoms with van der Waals surface area (Å²) < 4.78 is 36.0. The summed E-state index contributed by atoms with van der Waals surface area (Å²) in [6.07, 6.45) is 3.42. The third-order valence-corrected chi connectivity index (χ3v) is 6.32. The standard InChI is InChI=1S/C23H27Cl2N3O4S/c1-5-10-31-21-19(24)11-16(12-20(21)25)23(2,3)15-6-8-17(9-7-15)28-22-26-13-18(32-22)14-27-33(4,29)30/h6-9,11-13,27H,5,10,14H2,1-4H3,(H,26,28). The maximum absolute atomic E-state index is 11.2. The molecule has 0 spiro atoms.